The summed E-state index contributed by atoms with van der Waals surface area (Å²) in [5.74, 6) is -0.164. The van der Waals surface area contributed by atoms with Gasteiger partial charge in [-0.1, -0.05) is 0 Å². The molecule has 1 aliphatic rings. The smallest absolute Gasteiger partial charge is 0.239 e. The molecular weight excluding hydrogens is 242 g/mol. The first-order valence-corrected chi connectivity index (χ1v) is 5.68. The highest BCUT2D eigenvalue weighted by molar-refractivity contribution is 5.86. The minimum atomic E-state index is -0.253. The van der Waals surface area contributed by atoms with Gasteiger partial charge in [0.1, 0.15) is 0 Å². The van der Waals surface area contributed by atoms with Crippen LogP contribution in [0.15, 0.2) is 0 Å². The van der Waals surface area contributed by atoms with Gasteiger partial charge in [0.05, 0.1) is 12.5 Å². The van der Waals surface area contributed by atoms with Gasteiger partial charge in [0.2, 0.25) is 11.8 Å². The molecule has 6 heteroatoms. The molecule has 0 aromatic carbocycles. The Kier molecular flexibility index (Phi) is 6.49. The SMILES string of the molecule is CC(C)(C)NC(=O)CNC(=O)C1CCNC1.Cl. The van der Waals surface area contributed by atoms with Crippen LogP contribution >= 0.6 is 12.4 Å². The molecule has 0 spiro atoms. The molecule has 1 rings (SSSR count). The molecule has 0 saturated carbocycles. The summed E-state index contributed by atoms with van der Waals surface area (Å²) in [6, 6.07) is 0. The van der Waals surface area contributed by atoms with E-state index in [2.05, 4.69) is 16.0 Å². The zero-order valence-electron chi connectivity index (χ0n) is 10.6. The van der Waals surface area contributed by atoms with E-state index in [0.29, 0.717) is 6.54 Å². The Bertz CT molecular complexity index is 270. The second-order valence-electron chi connectivity index (χ2n) is 5.21. The van der Waals surface area contributed by atoms with Crippen LogP contribution in [0.3, 0.4) is 0 Å². The molecule has 1 atom stereocenters. The molecular formula is C11H22ClN3O2. The zero-order chi connectivity index (χ0) is 12.2. The number of halogens is 1. The Hall–Kier alpha value is -0.810. The Morgan fingerprint density at radius 2 is 2.00 bits per heavy atom. The fourth-order valence-corrected chi connectivity index (χ4v) is 1.65. The van der Waals surface area contributed by atoms with Crippen molar-refractivity contribution in [2.75, 3.05) is 19.6 Å². The van der Waals surface area contributed by atoms with Crippen LogP contribution in [0, 0.1) is 5.92 Å². The standard InChI is InChI=1S/C11H21N3O2.ClH/c1-11(2,3)14-9(15)7-13-10(16)8-4-5-12-6-8;/h8,12H,4-7H2,1-3H3,(H,13,16)(H,14,15);1H. The van der Waals surface area contributed by atoms with E-state index in [1.54, 1.807) is 0 Å². The number of hydrogen-bond acceptors (Lipinski definition) is 3. The summed E-state index contributed by atoms with van der Waals surface area (Å²) in [6.45, 7) is 7.39. The van der Waals surface area contributed by atoms with Crippen LogP contribution in [0.25, 0.3) is 0 Å². The first kappa shape index (κ1) is 16.2. The quantitative estimate of drug-likeness (QED) is 0.674. The van der Waals surface area contributed by atoms with Gasteiger partial charge < -0.3 is 16.0 Å². The highest BCUT2D eigenvalue weighted by Crippen LogP contribution is 2.06. The zero-order valence-corrected chi connectivity index (χ0v) is 11.4. The lowest BCUT2D eigenvalue weighted by Gasteiger charge is -2.20. The molecule has 1 heterocycles. The maximum Gasteiger partial charge on any atom is 0.239 e. The van der Waals surface area contributed by atoms with E-state index in [0.717, 1.165) is 13.0 Å². The van der Waals surface area contributed by atoms with Crippen molar-refractivity contribution in [2.45, 2.75) is 32.7 Å². The average molecular weight is 264 g/mol. The van der Waals surface area contributed by atoms with Gasteiger partial charge in [-0.25, -0.2) is 0 Å². The van der Waals surface area contributed by atoms with E-state index in [9.17, 15) is 9.59 Å². The van der Waals surface area contributed by atoms with Gasteiger partial charge in [0.25, 0.3) is 0 Å². The molecule has 1 aliphatic heterocycles. The minimum Gasteiger partial charge on any atom is -0.350 e. The third-order valence-corrected chi connectivity index (χ3v) is 2.37. The number of carbonyl (C=O) groups is 2. The maximum atomic E-state index is 11.6. The third kappa shape index (κ3) is 6.48. The normalized spacial score (nSPS) is 19.4. The molecule has 1 fully saturated rings. The summed E-state index contributed by atoms with van der Waals surface area (Å²) < 4.78 is 0. The van der Waals surface area contributed by atoms with Crippen LogP contribution in [0.1, 0.15) is 27.2 Å². The van der Waals surface area contributed by atoms with E-state index in [1.807, 2.05) is 20.8 Å². The molecule has 3 N–H and O–H groups in total. The van der Waals surface area contributed by atoms with Gasteiger partial charge in [0.15, 0.2) is 0 Å². The van der Waals surface area contributed by atoms with Crippen molar-refractivity contribution in [1.29, 1.82) is 0 Å². The lowest BCUT2D eigenvalue weighted by molar-refractivity contribution is -0.128. The van der Waals surface area contributed by atoms with Gasteiger partial charge in [-0.3, -0.25) is 9.59 Å². The lowest BCUT2D eigenvalue weighted by Crippen LogP contribution is -2.46. The summed E-state index contributed by atoms with van der Waals surface area (Å²) >= 11 is 0. The molecule has 17 heavy (non-hydrogen) atoms. The van der Waals surface area contributed by atoms with Crippen molar-refractivity contribution in [3.8, 4) is 0 Å². The van der Waals surface area contributed by atoms with E-state index in [-0.39, 0.29) is 42.2 Å². The second-order valence-corrected chi connectivity index (χ2v) is 5.21. The molecule has 0 aromatic heterocycles. The Balaban J connectivity index is 0.00000256. The molecule has 5 nitrogen and oxygen atoms in total. The van der Waals surface area contributed by atoms with Gasteiger partial charge in [-0.05, 0) is 33.7 Å². The third-order valence-electron chi connectivity index (χ3n) is 2.37. The van der Waals surface area contributed by atoms with Crippen molar-refractivity contribution >= 4 is 24.2 Å². The van der Waals surface area contributed by atoms with Crippen LogP contribution in [0.4, 0.5) is 0 Å². The summed E-state index contributed by atoms with van der Waals surface area (Å²) in [5, 5.41) is 8.57. The predicted octanol–water partition coefficient (Wildman–Crippen LogP) is 0.0486. The monoisotopic (exact) mass is 263 g/mol. The van der Waals surface area contributed by atoms with Crippen LogP contribution in [0.5, 0.6) is 0 Å². The van der Waals surface area contributed by atoms with Crippen LogP contribution in [-0.4, -0.2) is 37.0 Å². The van der Waals surface area contributed by atoms with Crippen molar-refractivity contribution in [3.05, 3.63) is 0 Å². The van der Waals surface area contributed by atoms with E-state index in [4.69, 9.17) is 0 Å². The number of nitrogens with one attached hydrogen (secondary N) is 3. The molecule has 2 amide bonds. The summed E-state index contributed by atoms with van der Waals surface area (Å²) in [5.41, 5.74) is -0.253. The fraction of sp³-hybridized carbons (Fsp3) is 0.818. The van der Waals surface area contributed by atoms with E-state index >= 15 is 0 Å². The van der Waals surface area contributed by atoms with E-state index < -0.39 is 0 Å². The molecule has 0 aromatic rings. The molecule has 1 unspecified atom stereocenters. The summed E-state index contributed by atoms with van der Waals surface area (Å²) in [7, 11) is 0. The van der Waals surface area contributed by atoms with E-state index in [1.165, 1.54) is 0 Å². The Morgan fingerprint density at radius 1 is 1.35 bits per heavy atom. The molecule has 100 valence electrons. The Labute approximate surface area is 109 Å². The molecule has 0 aliphatic carbocycles. The Morgan fingerprint density at radius 3 is 2.47 bits per heavy atom. The summed E-state index contributed by atoms with van der Waals surface area (Å²) in [6.07, 6.45) is 0.854. The van der Waals surface area contributed by atoms with Gasteiger partial charge in [-0.15, -0.1) is 12.4 Å². The van der Waals surface area contributed by atoms with Gasteiger partial charge >= 0.3 is 0 Å². The van der Waals surface area contributed by atoms with Crippen molar-refractivity contribution in [3.63, 3.8) is 0 Å². The predicted molar refractivity (Wildman–Crippen MR) is 69.1 cm³/mol. The highest BCUT2D eigenvalue weighted by Gasteiger charge is 2.23. The van der Waals surface area contributed by atoms with Crippen molar-refractivity contribution < 1.29 is 9.59 Å². The van der Waals surface area contributed by atoms with Crippen LogP contribution in [-0.2, 0) is 9.59 Å². The minimum absolute atomic E-state index is 0. The number of amides is 2. The van der Waals surface area contributed by atoms with Crippen LogP contribution in [0.2, 0.25) is 0 Å². The van der Waals surface area contributed by atoms with Crippen molar-refractivity contribution in [2.24, 2.45) is 5.92 Å². The first-order valence-electron chi connectivity index (χ1n) is 5.68. The van der Waals surface area contributed by atoms with Gasteiger partial charge in [-0.2, -0.15) is 0 Å². The number of carbonyl (C=O) groups excluding carboxylic acids is 2. The average Bonchev–Trinajstić information content (AvgIpc) is 2.64. The number of hydrogen-bond donors (Lipinski definition) is 3. The lowest BCUT2D eigenvalue weighted by atomic mass is 10.1. The summed E-state index contributed by atoms with van der Waals surface area (Å²) in [4.78, 5) is 23.0. The molecule has 0 radical (unpaired) electrons. The van der Waals surface area contributed by atoms with Crippen LogP contribution < -0.4 is 16.0 Å². The first-order chi connectivity index (χ1) is 7.38. The highest BCUT2D eigenvalue weighted by atomic mass is 35.5. The largest absolute Gasteiger partial charge is 0.350 e. The molecule has 1 saturated heterocycles. The molecule has 0 bridgehead atoms. The second kappa shape index (κ2) is 6.81. The fourth-order valence-electron chi connectivity index (χ4n) is 1.65. The van der Waals surface area contributed by atoms with Crippen molar-refractivity contribution in [1.82, 2.24) is 16.0 Å². The topological polar surface area (TPSA) is 70.2 Å². The maximum absolute atomic E-state index is 11.6. The number of rotatable bonds is 3. The van der Waals surface area contributed by atoms with Gasteiger partial charge in [0, 0.05) is 12.1 Å².